The number of rotatable bonds is 10. The first-order valence-corrected chi connectivity index (χ1v) is 9.84. The lowest BCUT2D eigenvalue weighted by atomic mass is 10.1. The van der Waals surface area contributed by atoms with Crippen LogP contribution in [-0.2, 0) is 17.7 Å². The normalized spacial score (nSPS) is 11.4. The molecule has 0 amide bonds. The van der Waals surface area contributed by atoms with Gasteiger partial charge in [0.2, 0.25) is 0 Å². The molecule has 2 aromatic rings. The summed E-state index contributed by atoms with van der Waals surface area (Å²) in [5.41, 5.74) is 3.32. The second-order valence-electron chi connectivity index (χ2n) is 6.31. The molecule has 0 fully saturated rings. The Morgan fingerprint density at radius 3 is 2.75 bits per heavy atom. The zero-order valence-corrected chi connectivity index (χ0v) is 17.6. The number of hydrogen-bond donors (Lipinski definition) is 2. The van der Waals surface area contributed by atoms with E-state index in [0.29, 0.717) is 24.9 Å². The van der Waals surface area contributed by atoms with Crippen molar-refractivity contribution in [3.05, 3.63) is 58.4 Å². The summed E-state index contributed by atoms with van der Waals surface area (Å²) in [6.45, 7) is 7.24. The first-order chi connectivity index (χ1) is 13.6. The van der Waals surface area contributed by atoms with Crippen molar-refractivity contribution < 1.29 is 9.47 Å². The summed E-state index contributed by atoms with van der Waals surface area (Å²) >= 11 is 5.83. The third-order valence-corrected chi connectivity index (χ3v) is 4.24. The molecule has 0 spiro atoms. The molecular formula is C21H29ClN4O2. The Bertz CT molecular complexity index is 751. The number of nitrogens with one attached hydrogen (secondary N) is 2. The number of aryl methyl sites for hydroxylation is 1. The summed E-state index contributed by atoms with van der Waals surface area (Å²) in [7, 11) is 1.67. The molecule has 1 aromatic carbocycles. The number of methoxy groups -OCH3 is 1. The largest absolute Gasteiger partial charge is 0.491 e. The lowest BCUT2D eigenvalue weighted by molar-refractivity contribution is 0.145. The van der Waals surface area contributed by atoms with Crippen LogP contribution in [-0.4, -0.2) is 44.4 Å². The lowest BCUT2D eigenvalue weighted by Gasteiger charge is -2.13. The van der Waals surface area contributed by atoms with Crippen LogP contribution in [0.3, 0.4) is 0 Å². The predicted octanol–water partition coefficient (Wildman–Crippen LogP) is 3.37. The Morgan fingerprint density at radius 2 is 2.04 bits per heavy atom. The molecule has 152 valence electrons. The van der Waals surface area contributed by atoms with E-state index < -0.39 is 0 Å². The second-order valence-corrected chi connectivity index (χ2v) is 6.70. The van der Waals surface area contributed by atoms with E-state index >= 15 is 0 Å². The predicted molar refractivity (Wildman–Crippen MR) is 114 cm³/mol. The fourth-order valence-corrected chi connectivity index (χ4v) is 2.66. The van der Waals surface area contributed by atoms with E-state index in [2.05, 4.69) is 27.8 Å². The number of guanidine groups is 1. The van der Waals surface area contributed by atoms with Gasteiger partial charge in [-0.05, 0) is 43.5 Å². The number of aromatic nitrogens is 1. The van der Waals surface area contributed by atoms with Crippen LogP contribution in [0.25, 0.3) is 0 Å². The SMILES string of the molecule is CCNC(=NCc1ccc(C)cc1OCCOC)NCCc1ccc(Cl)nc1. The van der Waals surface area contributed by atoms with E-state index in [-0.39, 0.29) is 0 Å². The van der Waals surface area contributed by atoms with Crippen LogP contribution in [0.2, 0.25) is 5.15 Å². The number of aliphatic imine (C=N–C) groups is 1. The highest BCUT2D eigenvalue weighted by Gasteiger charge is 2.05. The maximum absolute atomic E-state index is 5.85. The lowest BCUT2D eigenvalue weighted by Crippen LogP contribution is -2.38. The minimum Gasteiger partial charge on any atom is -0.491 e. The van der Waals surface area contributed by atoms with E-state index in [0.717, 1.165) is 47.9 Å². The molecule has 0 aliphatic rings. The molecule has 1 aromatic heterocycles. The number of pyridine rings is 1. The van der Waals surface area contributed by atoms with E-state index in [4.69, 9.17) is 26.1 Å². The van der Waals surface area contributed by atoms with Crippen molar-refractivity contribution in [2.75, 3.05) is 33.4 Å². The summed E-state index contributed by atoms with van der Waals surface area (Å²) in [5.74, 6) is 1.62. The van der Waals surface area contributed by atoms with Crippen molar-refractivity contribution in [2.45, 2.75) is 26.8 Å². The monoisotopic (exact) mass is 404 g/mol. The second kappa shape index (κ2) is 12.2. The first kappa shape index (κ1) is 22.0. The van der Waals surface area contributed by atoms with Gasteiger partial charge in [-0.2, -0.15) is 0 Å². The summed E-state index contributed by atoms with van der Waals surface area (Å²) in [5, 5.41) is 7.13. The van der Waals surface area contributed by atoms with Crippen LogP contribution in [0.4, 0.5) is 0 Å². The maximum Gasteiger partial charge on any atom is 0.191 e. The van der Waals surface area contributed by atoms with Gasteiger partial charge in [-0.25, -0.2) is 9.98 Å². The minimum absolute atomic E-state index is 0.508. The van der Waals surface area contributed by atoms with E-state index in [1.165, 1.54) is 0 Å². The summed E-state index contributed by atoms with van der Waals surface area (Å²) < 4.78 is 10.9. The van der Waals surface area contributed by atoms with Gasteiger partial charge < -0.3 is 20.1 Å². The molecule has 2 N–H and O–H groups in total. The third kappa shape index (κ3) is 7.74. The Hall–Kier alpha value is -2.31. The van der Waals surface area contributed by atoms with Crippen LogP contribution < -0.4 is 15.4 Å². The van der Waals surface area contributed by atoms with Gasteiger partial charge in [-0.15, -0.1) is 0 Å². The van der Waals surface area contributed by atoms with Gasteiger partial charge in [0.05, 0.1) is 13.2 Å². The molecule has 1 heterocycles. The van der Waals surface area contributed by atoms with Crippen LogP contribution in [0.5, 0.6) is 5.75 Å². The van der Waals surface area contributed by atoms with Crippen LogP contribution in [0.1, 0.15) is 23.6 Å². The van der Waals surface area contributed by atoms with Crippen molar-refractivity contribution in [1.29, 1.82) is 0 Å². The molecule has 0 aliphatic heterocycles. The molecular weight excluding hydrogens is 376 g/mol. The number of ether oxygens (including phenoxy) is 2. The Morgan fingerprint density at radius 1 is 1.18 bits per heavy atom. The quantitative estimate of drug-likeness (QED) is 0.275. The van der Waals surface area contributed by atoms with Gasteiger partial charge in [-0.1, -0.05) is 29.8 Å². The molecule has 0 atom stereocenters. The topological polar surface area (TPSA) is 67.8 Å². The highest BCUT2D eigenvalue weighted by Crippen LogP contribution is 2.21. The number of nitrogens with zero attached hydrogens (tertiary/aromatic N) is 2. The average molecular weight is 405 g/mol. The molecule has 6 nitrogen and oxygen atoms in total. The van der Waals surface area contributed by atoms with Gasteiger partial charge >= 0.3 is 0 Å². The molecule has 0 radical (unpaired) electrons. The summed E-state index contributed by atoms with van der Waals surface area (Å²) in [6, 6.07) is 9.95. The molecule has 2 rings (SSSR count). The van der Waals surface area contributed by atoms with E-state index in [1.54, 1.807) is 19.4 Å². The van der Waals surface area contributed by atoms with Gasteiger partial charge in [0.15, 0.2) is 5.96 Å². The highest BCUT2D eigenvalue weighted by atomic mass is 35.5. The van der Waals surface area contributed by atoms with Crippen molar-refractivity contribution in [2.24, 2.45) is 4.99 Å². The zero-order valence-electron chi connectivity index (χ0n) is 16.8. The van der Waals surface area contributed by atoms with Crippen molar-refractivity contribution >= 4 is 17.6 Å². The van der Waals surface area contributed by atoms with Gasteiger partial charge in [0.1, 0.15) is 17.5 Å². The zero-order chi connectivity index (χ0) is 20.2. The third-order valence-electron chi connectivity index (χ3n) is 4.01. The van der Waals surface area contributed by atoms with Crippen molar-refractivity contribution in [3.63, 3.8) is 0 Å². The molecule has 0 saturated heterocycles. The average Bonchev–Trinajstić information content (AvgIpc) is 2.69. The summed E-state index contributed by atoms with van der Waals surface area (Å²) in [4.78, 5) is 8.80. The smallest absolute Gasteiger partial charge is 0.191 e. The number of hydrogen-bond acceptors (Lipinski definition) is 4. The Balaban J connectivity index is 1.96. The molecule has 0 unspecified atom stereocenters. The first-order valence-electron chi connectivity index (χ1n) is 9.46. The standard InChI is InChI=1S/C21H29ClN4O2/c1-4-23-21(24-10-9-17-6-8-20(22)25-14-17)26-15-18-7-5-16(2)13-19(18)28-12-11-27-3/h5-8,13-14H,4,9-12,15H2,1-3H3,(H2,23,24,26). The fourth-order valence-electron chi connectivity index (χ4n) is 2.55. The van der Waals surface area contributed by atoms with Crippen molar-refractivity contribution in [3.8, 4) is 5.75 Å². The number of benzene rings is 1. The maximum atomic E-state index is 5.85. The van der Waals surface area contributed by atoms with Gasteiger partial charge in [0, 0.05) is 32.0 Å². The van der Waals surface area contributed by atoms with Gasteiger partial charge in [0.25, 0.3) is 0 Å². The highest BCUT2D eigenvalue weighted by molar-refractivity contribution is 6.29. The molecule has 7 heteroatoms. The van der Waals surface area contributed by atoms with Crippen molar-refractivity contribution in [1.82, 2.24) is 15.6 Å². The van der Waals surface area contributed by atoms with Crippen LogP contribution >= 0.6 is 11.6 Å². The van der Waals surface area contributed by atoms with Crippen LogP contribution in [0, 0.1) is 6.92 Å². The Kier molecular flexibility index (Phi) is 9.59. The van der Waals surface area contributed by atoms with E-state index in [9.17, 15) is 0 Å². The van der Waals surface area contributed by atoms with E-state index in [1.807, 2.05) is 26.0 Å². The van der Waals surface area contributed by atoms with Crippen LogP contribution in [0.15, 0.2) is 41.5 Å². The molecule has 28 heavy (non-hydrogen) atoms. The van der Waals surface area contributed by atoms with Gasteiger partial charge in [-0.3, -0.25) is 0 Å². The number of halogens is 1. The molecule has 0 bridgehead atoms. The minimum atomic E-state index is 0.508. The fraction of sp³-hybridized carbons (Fsp3) is 0.429. The molecule has 0 aliphatic carbocycles. The Labute approximate surface area is 172 Å². The molecule has 0 saturated carbocycles. The summed E-state index contributed by atoms with van der Waals surface area (Å²) in [6.07, 6.45) is 2.63.